The van der Waals surface area contributed by atoms with Crippen LogP contribution in [0.15, 0.2) is 36.5 Å². The van der Waals surface area contributed by atoms with Gasteiger partial charge in [-0.15, -0.1) is 11.3 Å². The van der Waals surface area contributed by atoms with Crippen molar-refractivity contribution in [3.8, 4) is 0 Å². The van der Waals surface area contributed by atoms with E-state index >= 15 is 0 Å². The Morgan fingerprint density at radius 1 is 1.10 bits per heavy atom. The van der Waals surface area contributed by atoms with Gasteiger partial charge < -0.3 is 5.73 Å². The number of para-hydroxylation sites is 1. The van der Waals surface area contributed by atoms with Gasteiger partial charge in [0.15, 0.2) is 0 Å². The normalized spacial score (nSPS) is 15.9. The summed E-state index contributed by atoms with van der Waals surface area (Å²) in [6.07, 6.45) is 6.62. The second-order valence-electron chi connectivity index (χ2n) is 5.53. The molecule has 1 aromatic carbocycles. The fourth-order valence-corrected chi connectivity index (χ4v) is 4.19. The van der Waals surface area contributed by atoms with Crippen molar-refractivity contribution in [2.75, 3.05) is 0 Å². The van der Waals surface area contributed by atoms with E-state index in [0.29, 0.717) is 0 Å². The highest BCUT2D eigenvalue weighted by Gasteiger charge is 2.21. The Morgan fingerprint density at radius 3 is 2.86 bits per heavy atom. The fraction of sp³-hybridized carbons (Fsp3) is 0.294. The Hall–Kier alpha value is -1.78. The van der Waals surface area contributed by atoms with Crippen LogP contribution in [-0.2, 0) is 12.8 Å². The molecule has 0 radical (unpaired) electrons. The molecule has 0 amide bonds. The number of thiazole rings is 1. The molecule has 1 aliphatic carbocycles. The SMILES string of the molecule is NC(c1nc2c(s1)CCCC2)c1cccc2cccnc12. The Kier molecular flexibility index (Phi) is 3.20. The van der Waals surface area contributed by atoms with Gasteiger partial charge in [-0.25, -0.2) is 4.98 Å². The van der Waals surface area contributed by atoms with Gasteiger partial charge in [-0.2, -0.15) is 0 Å². The summed E-state index contributed by atoms with van der Waals surface area (Å²) in [7, 11) is 0. The second-order valence-corrected chi connectivity index (χ2v) is 6.64. The topological polar surface area (TPSA) is 51.8 Å². The van der Waals surface area contributed by atoms with E-state index in [9.17, 15) is 0 Å². The van der Waals surface area contributed by atoms with Crippen LogP contribution in [0.25, 0.3) is 10.9 Å². The monoisotopic (exact) mass is 295 g/mol. The molecule has 3 nitrogen and oxygen atoms in total. The number of benzene rings is 1. The Morgan fingerprint density at radius 2 is 1.95 bits per heavy atom. The van der Waals surface area contributed by atoms with Crippen LogP contribution in [-0.4, -0.2) is 9.97 Å². The van der Waals surface area contributed by atoms with Crippen molar-refractivity contribution in [1.82, 2.24) is 9.97 Å². The number of pyridine rings is 1. The maximum Gasteiger partial charge on any atom is 0.115 e. The zero-order chi connectivity index (χ0) is 14.2. The van der Waals surface area contributed by atoms with E-state index in [4.69, 9.17) is 10.7 Å². The molecule has 2 N–H and O–H groups in total. The number of nitrogens with two attached hydrogens (primary N) is 1. The lowest BCUT2D eigenvalue weighted by Crippen LogP contribution is -2.12. The number of hydrogen-bond acceptors (Lipinski definition) is 4. The molecule has 3 aromatic rings. The average molecular weight is 295 g/mol. The van der Waals surface area contributed by atoms with Crippen molar-refractivity contribution in [2.24, 2.45) is 5.73 Å². The predicted octanol–water partition coefficient (Wildman–Crippen LogP) is 3.62. The first-order chi connectivity index (χ1) is 10.3. The van der Waals surface area contributed by atoms with Gasteiger partial charge in [0, 0.05) is 22.0 Å². The molecule has 1 unspecified atom stereocenters. The van der Waals surface area contributed by atoms with E-state index in [1.807, 2.05) is 18.3 Å². The molecule has 1 aliphatic rings. The molecule has 21 heavy (non-hydrogen) atoms. The van der Waals surface area contributed by atoms with E-state index in [1.165, 1.54) is 23.4 Å². The van der Waals surface area contributed by atoms with Gasteiger partial charge in [-0.1, -0.05) is 24.3 Å². The first kappa shape index (κ1) is 12.9. The largest absolute Gasteiger partial charge is 0.318 e. The van der Waals surface area contributed by atoms with E-state index in [-0.39, 0.29) is 6.04 Å². The third kappa shape index (κ3) is 2.24. The maximum absolute atomic E-state index is 6.50. The number of aromatic nitrogens is 2. The Balaban J connectivity index is 1.79. The molecule has 0 bridgehead atoms. The zero-order valence-electron chi connectivity index (χ0n) is 11.7. The van der Waals surface area contributed by atoms with Crippen molar-refractivity contribution in [1.29, 1.82) is 0 Å². The number of nitrogens with zero attached hydrogens (tertiary/aromatic N) is 2. The predicted molar refractivity (Wildman–Crippen MR) is 86.5 cm³/mol. The second kappa shape index (κ2) is 5.20. The number of rotatable bonds is 2. The highest BCUT2D eigenvalue weighted by atomic mass is 32.1. The lowest BCUT2D eigenvalue weighted by Gasteiger charge is -2.11. The lowest BCUT2D eigenvalue weighted by molar-refractivity contribution is 0.678. The summed E-state index contributed by atoms with van der Waals surface area (Å²) in [6, 6.07) is 10.0. The van der Waals surface area contributed by atoms with Gasteiger partial charge >= 0.3 is 0 Å². The van der Waals surface area contributed by atoms with Gasteiger partial charge in [-0.3, -0.25) is 4.98 Å². The quantitative estimate of drug-likeness (QED) is 0.785. The summed E-state index contributed by atoms with van der Waals surface area (Å²) in [4.78, 5) is 10.7. The van der Waals surface area contributed by atoms with Crippen LogP contribution in [0.4, 0.5) is 0 Å². The number of aryl methyl sites for hydroxylation is 2. The first-order valence-electron chi connectivity index (χ1n) is 7.40. The number of hydrogen-bond donors (Lipinski definition) is 1. The molecular formula is C17H17N3S. The van der Waals surface area contributed by atoms with Crippen LogP contribution in [0.5, 0.6) is 0 Å². The van der Waals surface area contributed by atoms with Crippen molar-refractivity contribution >= 4 is 22.2 Å². The minimum absolute atomic E-state index is 0.181. The Bertz CT molecular complexity index is 765. The van der Waals surface area contributed by atoms with Crippen molar-refractivity contribution < 1.29 is 0 Å². The first-order valence-corrected chi connectivity index (χ1v) is 8.22. The van der Waals surface area contributed by atoms with E-state index in [0.717, 1.165) is 34.3 Å². The summed E-state index contributed by atoms with van der Waals surface area (Å²) in [5.41, 5.74) is 9.83. The third-order valence-electron chi connectivity index (χ3n) is 4.13. The molecule has 0 saturated carbocycles. The molecule has 4 rings (SSSR count). The van der Waals surface area contributed by atoms with Crippen LogP contribution < -0.4 is 5.73 Å². The van der Waals surface area contributed by atoms with Crippen LogP contribution in [0.3, 0.4) is 0 Å². The number of fused-ring (bicyclic) bond motifs is 2. The highest BCUT2D eigenvalue weighted by molar-refractivity contribution is 7.11. The third-order valence-corrected chi connectivity index (χ3v) is 5.37. The van der Waals surface area contributed by atoms with Gasteiger partial charge in [0.25, 0.3) is 0 Å². The van der Waals surface area contributed by atoms with Crippen molar-refractivity contribution in [2.45, 2.75) is 31.7 Å². The zero-order valence-corrected chi connectivity index (χ0v) is 12.6. The highest BCUT2D eigenvalue weighted by Crippen LogP contribution is 2.33. The summed E-state index contributed by atoms with van der Waals surface area (Å²) in [5, 5.41) is 2.16. The summed E-state index contributed by atoms with van der Waals surface area (Å²) >= 11 is 1.78. The smallest absolute Gasteiger partial charge is 0.115 e. The molecule has 0 aliphatic heterocycles. The van der Waals surface area contributed by atoms with Gasteiger partial charge in [0.1, 0.15) is 5.01 Å². The summed E-state index contributed by atoms with van der Waals surface area (Å²) < 4.78 is 0. The van der Waals surface area contributed by atoms with E-state index < -0.39 is 0 Å². The summed E-state index contributed by atoms with van der Waals surface area (Å²) in [6.45, 7) is 0. The van der Waals surface area contributed by atoms with Gasteiger partial charge in [-0.05, 0) is 31.7 Å². The molecule has 0 spiro atoms. The maximum atomic E-state index is 6.50. The molecule has 0 saturated heterocycles. The Labute approximate surface area is 127 Å². The van der Waals surface area contributed by atoms with Crippen LogP contribution in [0.2, 0.25) is 0 Å². The molecule has 106 valence electrons. The standard InChI is InChI=1S/C17H17N3S/c18-15(17-20-13-8-1-2-9-14(13)21-17)12-7-3-5-11-6-4-10-19-16(11)12/h3-7,10,15H,1-2,8-9,18H2. The molecule has 2 aromatic heterocycles. The van der Waals surface area contributed by atoms with Crippen LogP contribution >= 0.6 is 11.3 Å². The van der Waals surface area contributed by atoms with E-state index in [2.05, 4.69) is 23.2 Å². The molecule has 2 heterocycles. The van der Waals surface area contributed by atoms with Gasteiger partial charge in [0.05, 0.1) is 17.3 Å². The fourth-order valence-electron chi connectivity index (χ4n) is 3.02. The van der Waals surface area contributed by atoms with Crippen LogP contribution in [0.1, 0.15) is 40.0 Å². The van der Waals surface area contributed by atoms with Gasteiger partial charge in [0.2, 0.25) is 0 Å². The van der Waals surface area contributed by atoms with Crippen molar-refractivity contribution in [3.63, 3.8) is 0 Å². The lowest BCUT2D eigenvalue weighted by atomic mass is 10.0. The van der Waals surface area contributed by atoms with Crippen LogP contribution in [0, 0.1) is 0 Å². The minimum atomic E-state index is -0.181. The minimum Gasteiger partial charge on any atom is -0.318 e. The molecule has 4 heteroatoms. The average Bonchev–Trinajstić information content (AvgIpc) is 2.97. The molecule has 1 atom stereocenters. The molecular weight excluding hydrogens is 278 g/mol. The molecule has 0 fully saturated rings. The summed E-state index contributed by atoms with van der Waals surface area (Å²) in [5.74, 6) is 0. The van der Waals surface area contributed by atoms with Crippen molar-refractivity contribution in [3.05, 3.63) is 57.7 Å². The van der Waals surface area contributed by atoms with E-state index in [1.54, 1.807) is 11.3 Å².